The highest BCUT2D eigenvalue weighted by atomic mass is 16.3. The van der Waals surface area contributed by atoms with Crippen molar-refractivity contribution in [3.63, 3.8) is 0 Å². The molecule has 1 aromatic carbocycles. The zero-order valence-corrected chi connectivity index (χ0v) is 15.0. The Morgan fingerprint density at radius 2 is 1.71 bits per heavy atom. The molecule has 1 saturated carbocycles. The number of fused-ring (bicyclic) bond motifs is 3. The molecule has 0 aliphatic heterocycles. The van der Waals surface area contributed by atoms with Gasteiger partial charge in [-0.05, 0) is 41.4 Å². The van der Waals surface area contributed by atoms with Crippen molar-refractivity contribution >= 4 is 5.78 Å². The van der Waals surface area contributed by atoms with Gasteiger partial charge in [0.05, 0.1) is 0 Å². The topological polar surface area (TPSA) is 77.8 Å². The average Bonchev–Trinajstić information content (AvgIpc) is 2.45. The molecule has 0 spiro atoms. The second-order valence-corrected chi connectivity index (χ2v) is 8.36. The Balaban J connectivity index is 2.45. The Kier molecular flexibility index (Phi) is 3.52. The van der Waals surface area contributed by atoms with Gasteiger partial charge in [-0.3, -0.25) is 4.79 Å². The van der Waals surface area contributed by atoms with Gasteiger partial charge in [-0.15, -0.1) is 0 Å². The predicted octanol–water partition coefficient (Wildman–Crippen LogP) is 4.70. The Labute approximate surface area is 142 Å². The van der Waals surface area contributed by atoms with E-state index in [2.05, 4.69) is 13.8 Å². The summed E-state index contributed by atoms with van der Waals surface area (Å²) in [5, 5.41) is 31.3. The summed E-state index contributed by atoms with van der Waals surface area (Å²) in [4.78, 5) is 12.8. The van der Waals surface area contributed by atoms with Gasteiger partial charge in [0.25, 0.3) is 0 Å². The number of Topliss-reactive ketones (excluding diaryl/α,β-unsaturated/α-hetero) is 1. The molecule has 3 N–H and O–H groups in total. The number of aliphatic hydroxyl groups excluding tert-OH is 1. The van der Waals surface area contributed by atoms with Crippen LogP contribution in [0.3, 0.4) is 0 Å². The maximum absolute atomic E-state index is 12.8. The lowest BCUT2D eigenvalue weighted by molar-refractivity contribution is 0.0939. The number of hydrogen-bond acceptors (Lipinski definition) is 4. The predicted molar refractivity (Wildman–Crippen MR) is 92.8 cm³/mol. The van der Waals surface area contributed by atoms with E-state index in [0.717, 1.165) is 30.4 Å². The summed E-state index contributed by atoms with van der Waals surface area (Å²) in [5.74, 6) is -1.15. The van der Waals surface area contributed by atoms with Gasteiger partial charge < -0.3 is 15.3 Å². The van der Waals surface area contributed by atoms with E-state index >= 15 is 0 Å². The maximum atomic E-state index is 12.8. The van der Waals surface area contributed by atoms with E-state index in [-0.39, 0.29) is 28.6 Å². The molecular formula is C20H26O4. The van der Waals surface area contributed by atoms with E-state index in [1.165, 1.54) is 6.07 Å². The van der Waals surface area contributed by atoms with Gasteiger partial charge in [0, 0.05) is 16.5 Å². The molecule has 1 unspecified atom stereocenters. The minimum atomic E-state index is -0.514. The van der Waals surface area contributed by atoms with Crippen molar-refractivity contribution in [2.24, 2.45) is 5.41 Å². The molecule has 1 fully saturated rings. The third-order valence-corrected chi connectivity index (χ3v) is 5.85. The normalized spacial score (nSPS) is 25.7. The zero-order valence-electron chi connectivity index (χ0n) is 15.0. The summed E-state index contributed by atoms with van der Waals surface area (Å²) in [6.45, 7) is 10.0. The molecule has 24 heavy (non-hydrogen) atoms. The van der Waals surface area contributed by atoms with Crippen LogP contribution in [0.15, 0.2) is 17.4 Å². The van der Waals surface area contributed by atoms with E-state index < -0.39 is 11.2 Å². The van der Waals surface area contributed by atoms with Gasteiger partial charge in [-0.2, -0.15) is 0 Å². The average molecular weight is 330 g/mol. The van der Waals surface area contributed by atoms with Gasteiger partial charge in [-0.25, -0.2) is 0 Å². The fraction of sp³-hybridized carbons (Fsp3) is 0.550. The van der Waals surface area contributed by atoms with Crippen LogP contribution in [0.4, 0.5) is 0 Å². The molecule has 0 radical (unpaired) electrons. The highest BCUT2D eigenvalue weighted by Gasteiger charge is 2.52. The van der Waals surface area contributed by atoms with Crippen molar-refractivity contribution in [3.05, 3.63) is 34.1 Å². The molecule has 0 bridgehead atoms. The van der Waals surface area contributed by atoms with Crippen LogP contribution in [0.1, 0.15) is 81.3 Å². The second-order valence-electron chi connectivity index (χ2n) is 8.36. The van der Waals surface area contributed by atoms with Crippen LogP contribution < -0.4 is 0 Å². The lowest BCUT2D eigenvalue weighted by Crippen LogP contribution is -2.44. The molecule has 4 heteroatoms. The molecule has 0 saturated heterocycles. The lowest BCUT2D eigenvalue weighted by atomic mass is 9.53. The number of carbonyl (C=O) groups excluding carboxylic acids is 1. The van der Waals surface area contributed by atoms with Crippen LogP contribution in [0.2, 0.25) is 0 Å². The molecule has 2 aliphatic carbocycles. The maximum Gasteiger partial charge on any atom is 0.227 e. The standard InChI is InChI=1S/C20H26O4/c1-10(2)13-14-11(9-12(21)16(13)23)15(22)17(24)18-19(3,4)7-6-8-20(14,18)5/h9-10,21,23-24H,6-8H2,1-5H3. The van der Waals surface area contributed by atoms with Crippen molar-refractivity contribution in [1.29, 1.82) is 0 Å². The van der Waals surface area contributed by atoms with Gasteiger partial charge >= 0.3 is 0 Å². The smallest absolute Gasteiger partial charge is 0.227 e. The summed E-state index contributed by atoms with van der Waals surface area (Å²) in [6, 6.07) is 1.30. The molecule has 3 rings (SSSR count). The fourth-order valence-electron chi connectivity index (χ4n) is 4.97. The number of aliphatic hydroxyl groups is 1. The van der Waals surface area contributed by atoms with Crippen LogP contribution >= 0.6 is 0 Å². The Morgan fingerprint density at radius 3 is 2.29 bits per heavy atom. The van der Waals surface area contributed by atoms with Crippen LogP contribution in [-0.2, 0) is 5.41 Å². The number of hydrogen-bond donors (Lipinski definition) is 3. The van der Waals surface area contributed by atoms with Crippen molar-refractivity contribution in [1.82, 2.24) is 0 Å². The monoisotopic (exact) mass is 330 g/mol. The quantitative estimate of drug-likeness (QED) is 0.652. The number of rotatable bonds is 1. The molecule has 1 aromatic rings. The highest BCUT2D eigenvalue weighted by Crippen LogP contribution is 2.59. The number of benzene rings is 1. The number of ketones is 1. The molecule has 0 amide bonds. The third kappa shape index (κ3) is 2.01. The molecule has 2 aliphatic rings. The molecule has 130 valence electrons. The number of phenolic OH excluding ortho intramolecular Hbond substituents is 2. The van der Waals surface area contributed by atoms with Gasteiger partial charge in [-0.1, -0.05) is 41.0 Å². The molecule has 0 heterocycles. The summed E-state index contributed by atoms with van der Waals surface area (Å²) >= 11 is 0. The Hall–Kier alpha value is -1.97. The molecule has 1 atom stereocenters. The second kappa shape index (κ2) is 5.01. The van der Waals surface area contributed by atoms with E-state index in [1.54, 1.807) is 0 Å². The van der Waals surface area contributed by atoms with Gasteiger partial charge in [0.15, 0.2) is 17.3 Å². The van der Waals surface area contributed by atoms with E-state index in [9.17, 15) is 20.1 Å². The molecule has 0 aromatic heterocycles. The van der Waals surface area contributed by atoms with Crippen molar-refractivity contribution < 1.29 is 20.1 Å². The SMILES string of the molecule is CC(C)c1c(O)c(O)cc2c1C1(C)CCCC(C)(C)C1=C(O)C2=O. The van der Waals surface area contributed by atoms with E-state index in [1.807, 2.05) is 20.8 Å². The van der Waals surface area contributed by atoms with Gasteiger partial charge in [0.1, 0.15) is 0 Å². The first-order valence-electron chi connectivity index (χ1n) is 8.60. The largest absolute Gasteiger partial charge is 0.504 e. The van der Waals surface area contributed by atoms with Crippen molar-refractivity contribution in [2.75, 3.05) is 0 Å². The fourth-order valence-corrected chi connectivity index (χ4v) is 4.97. The van der Waals surface area contributed by atoms with E-state index in [0.29, 0.717) is 11.1 Å². The summed E-state index contributed by atoms with van der Waals surface area (Å²) in [7, 11) is 0. The van der Waals surface area contributed by atoms with Crippen LogP contribution in [0.5, 0.6) is 11.5 Å². The summed E-state index contributed by atoms with van der Waals surface area (Å²) in [5.41, 5.74) is 1.68. The number of aromatic hydroxyl groups is 2. The van der Waals surface area contributed by atoms with Gasteiger partial charge in [0.2, 0.25) is 5.78 Å². The summed E-state index contributed by atoms with van der Waals surface area (Å²) in [6.07, 6.45) is 2.69. The number of carbonyl (C=O) groups is 1. The Morgan fingerprint density at radius 1 is 1.08 bits per heavy atom. The van der Waals surface area contributed by atoms with Crippen molar-refractivity contribution in [2.45, 2.75) is 65.2 Å². The minimum Gasteiger partial charge on any atom is -0.504 e. The first-order chi connectivity index (χ1) is 11.0. The number of phenols is 2. The number of allylic oxidation sites excluding steroid dienone is 2. The Bertz CT molecular complexity index is 770. The zero-order chi connectivity index (χ0) is 18.0. The van der Waals surface area contributed by atoms with Crippen LogP contribution in [0, 0.1) is 5.41 Å². The lowest BCUT2D eigenvalue weighted by Gasteiger charge is -2.50. The molecular weight excluding hydrogens is 304 g/mol. The highest BCUT2D eigenvalue weighted by molar-refractivity contribution is 6.11. The van der Waals surface area contributed by atoms with E-state index in [4.69, 9.17) is 0 Å². The molecule has 4 nitrogen and oxygen atoms in total. The first-order valence-corrected chi connectivity index (χ1v) is 8.60. The van der Waals surface area contributed by atoms with Crippen LogP contribution in [-0.4, -0.2) is 21.1 Å². The minimum absolute atomic E-state index is 0.0537. The first kappa shape index (κ1) is 16.9. The summed E-state index contributed by atoms with van der Waals surface area (Å²) < 4.78 is 0. The third-order valence-electron chi connectivity index (χ3n) is 5.85. The van der Waals surface area contributed by atoms with Crippen LogP contribution in [0.25, 0.3) is 0 Å². The van der Waals surface area contributed by atoms with Crippen molar-refractivity contribution in [3.8, 4) is 11.5 Å².